The molecule has 0 bridgehead atoms. The molecule has 0 aromatic carbocycles. The van der Waals surface area contributed by atoms with Crippen molar-refractivity contribution in [3.8, 4) is 0 Å². The molecule has 0 spiro atoms. The molecule has 0 amide bonds. The Balaban J connectivity index is 2.99. The highest BCUT2D eigenvalue weighted by atomic mass is 16.5. The van der Waals surface area contributed by atoms with Gasteiger partial charge < -0.3 is 4.52 Å². The quantitative estimate of drug-likeness (QED) is 0.568. The van der Waals surface area contributed by atoms with Gasteiger partial charge in [-0.2, -0.15) is 4.57 Å². The van der Waals surface area contributed by atoms with E-state index >= 15 is 0 Å². The van der Waals surface area contributed by atoms with E-state index in [1.54, 1.807) is 18.4 Å². The van der Waals surface area contributed by atoms with Crippen molar-refractivity contribution in [3.63, 3.8) is 0 Å². The first-order chi connectivity index (χ1) is 4.86. The number of rotatable bonds is 0. The summed E-state index contributed by atoms with van der Waals surface area (Å²) >= 11 is 0. The van der Waals surface area contributed by atoms with Gasteiger partial charge in [-0.3, -0.25) is 5.41 Å². The van der Waals surface area contributed by atoms with Crippen LogP contribution in [0.1, 0.15) is 0 Å². The largest absolute Gasteiger partial charge is 0.382 e. The summed E-state index contributed by atoms with van der Waals surface area (Å²) < 4.78 is 6.44. The van der Waals surface area contributed by atoms with E-state index < -0.39 is 0 Å². The van der Waals surface area contributed by atoms with Crippen LogP contribution in [-0.2, 0) is 0 Å². The molecular formula is C6H5N3O. The van der Waals surface area contributed by atoms with E-state index in [-0.39, 0.29) is 5.49 Å². The molecule has 2 aromatic rings. The molecule has 2 heterocycles. The molecule has 0 unspecified atom stereocenters. The maximum absolute atomic E-state index is 7.15. The van der Waals surface area contributed by atoms with E-state index in [1.807, 2.05) is 0 Å². The van der Waals surface area contributed by atoms with Crippen LogP contribution in [-0.4, -0.2) is 9.56 Å². The molecule has 0 saturated carbocycles. The lowest BCUT2D eigenvalue weighted by atomic mass is 10.5. The molecule has 0 radical (unpaired) electrons. The van der Waals surface area contributed by atoms with E-state index in [0.29, 0.717) is 0 Å². The summed E-state index contributed by atoms with van der Waals surface area (Å²) in [6.07, 6.45) is 3.02. The first kappa shape index (κ1) is 5.22. The SMILES string of the molecule is N=c1cc2ccon2cn1. The predicted octanol–water partition coefficient (Wildman–Crippen LogP) is 0.407. The van der Waals surface area contributed by atoms with Gasteiger partial charge in [0.2, 0.25) is 0 Å². The van der Waals surface area contributed by atoms with Gasteiger partial charge in [-0.25, -0.2) is 4.98 Å². The fourth-order valence-corrected chi connectivity index (χ4v) is 0.798. The number of fused-ring (bicyclic) bond motifs is 1. The first-order valence-electron chi connectivity index (χ1n) is 2.83. The number of aromatic nitrogens is 2. The monoisotopic (exact) mass is 135 g/mol. The van der Waals surface area contributed by atoms with E-state index in [4.69, 9.17) is 9.93 Å². The Labute approximate surface area is 56.2 Å². The molecule has 0 saturated heterocycles. The average molecular weight is 135 g/mol. The second kappa shape index (κ2) is 1.70. The molecule has 4 nitrogen and oxygen atoms in total. The van der Waals surface area contributed by atoms with Crippen molar-refractivity contribution >= 4 is 5.52 Å². The smallest absolute Gasteiger partial charge is 0.148 e. The van der Waals surface area contributed by atoms with Gasteiger partial charge >= 0.3 is 0 Å². The van der Waals surface area contributed by atoms with Crippen molar-refractivity contribution in [3.05, 3.63) is 30.2 Å². The highest BCUT2D eigenvalue weighted by Gasteiger charge is 1.90. The van der Waals surface area contributed by atoms with Crippen LogP contribution >= 0.6 is 0 Å². The fourth-order valence-electron chi connectivity index (χ4n) is 0.798. The zero-order valence-corrected chi connectivity index (χ0v) is 5.11. The van der Waals surface area contributed by atoms with Crippen molar-refractivity contribution in [2.24, 2.45) is 0 Å². The molecular weight excluding hydrogens is 130 g/mol. The summed E-state index contributed by atoms with van der Waals surface area (Å²) in [4.78, 5) is 3.72. The van der Waals surface area contributed by atoms with E-state index in [2.05, 4.69) is 4.98 Å². The van der Waals surface area contributed by atoms with E-state index in [9.17, 15) is 0 Å². The number of hydrogen-bond donors (Lipinski definition) is 1. The second-order valence-electron chi connectivity index (χ2n) is 1.93. The second-order valence-corrected chi connectivity index (χ2v) is 1.93. The number of hydrogen-bond acceptors (Lipinski definition) is 3. The van der Waals surface area contributed by atoms with Crippen LogP contribution in [0, 0.1) is 5.41 Å². The van der Waals surface area contributed by atoms with E-state index in [0.717, 1.165) is 5.52 Å². The number of nitrogens with zero attached hydrogens (tertiary/aromatic N) is 2. The van der Waals surface area contributed by atoms with Gasteiger partial charge in [0.25, 0.3) is 0 Å². The Morgan fingerprint density at radius 2 is 2.50 bits per heavy atom. The summed E-state index contributed by atoms with van der Waals surface area (Å²) in [7, 11) is 0. The van der Waals surface area contributed by atoms with Crippen LogP contribution in [0.3, 0.4) is 0 Å². The molecule has 2 aromatic heterocycles. The third kappa shape index (κ3) is 0.621. The minimum atomic E-state index is 0.251. The molecule has 50 valence electrons. The Morgan fingerprint density at radius 1 is 1.60 bits per heavy atom. The normalized spacial score (nSPS) is 10.4. The summed E-state index contributed by atoms with van der Waals surface area (Å²) in [6.45, 7) is 0. The lowest BCUT2D eigenvalue weighted by molar-refractivity contribution is 0.370. The van der Waals surface area contributed by atoms with Gasteiger partial charge in [0, 0.05) is 12.1 Å². The zero-order chi connectivity index (χ0) is 6.97. The van der Waals surface area contributed by atoms with Crippen LogP contribution in [0.4, 0.5) is 0 Å². The predicted molar refractivity (Wildman–Crippen MR) is 33.3 cm³/mol. The molecule has 2 rings (SSSR count). The van der Waals surface area contributed by atoms with E-state index in [1.165, 1.54) is 10.9 Å². The van der Waals surface area contributed by atoms with Crippen molar-refractivity contribution < 1.29 is 4.52 Å². The highest BCUT2D eigenvalue weighted by Crippen LogP contribution is 1.96. The molecule has 0 aliphatic rings. The summed E-state index contributed by atoms with van der Waals surface area (Å²) in [6, 6.07) is 3.41. The van der Waals surface area contributed by atoms with Crippen LogP contribution in [0.15, 0.2) is 29.2 Å². The van der Waals surface area contributed by atoms with Crippen molar-refractivity contribution in [1.29, 1.82) is 5.41 Å². The Bertz CT molecular complexity index is 400. The third-order valence-electron chi connectivity index (χ3n) is 1.25. The Morgan fingerprint density at radius 3 is 3.40 bits per heavy atom. The molecule has 1 N–H and O–H groups in total. The van der Waals surface area contributed by atoms with Crippen LogP contribution < -0.4 is 5.49 Å². The average Bonchev–Trinajstić information content (AvgIpc) is 2.33. The molecule has 10 heavy (non-hydrogen) atoms. The summed E-state index contributed by atoms with van der Waals surface area (Å²) in [5.41, 5.74) is 1.10. The third-order valence-corrected chi connectivity index (χ3v) is 1.25. The van der Waals surface area contributed by atoms with Gasteiger partial charge in [-0.1, -0.05) is 0 Å². The van der Waals surface area contributed by atoms with Crippen molar-refractivity contribution in [1.82, 2.24) is 9.56 Å². The topological polar surface area (TPSA) is 54.3 Å². The van der Waals surface area contributed by atoms with Gasteiger partial charge in [0.15, 0.2) is 0 Å². The van der Waals surface area contributed by atoms with Gasteiger partial charge in [-0.15, -0.1) is 0 Å². The maximum Gasteiger partial charge on any atom is 0.148 e. The highest BCUT2D eigenvalue weighted by molar-refractivity contribution is 5.41. The minimum Gasteiger partial charge on any atom is -0.382 e. The van der Waals surface area contributed by atoms with Crippen LogP contribution in [0.5, 0.6) is 0 Å². The first-order valence-corrected chi connectivity index (χ1v) is 2.83. The zero-order valence-electron chi connectivity index (χ0n) is 5.11. The van der Waals surface area contributed by atoms with Gasteiger partial charge in [0.1, 0.15) is 18.1 Å². The lowest BCUT2D eigenvalue weighted by Gasteiger charge is -1.86. The molecule has 0 aliphatic carbocycles. The Kier molecular flexibility index (Phi) is 0.887. The summed E-state index contributed by atoms with van der Waals surface area (Å²) in [5.74, 6) is 0. The van der Waals surface area contributed by atoms with Crippen molar-refractivity contribution in [2.45, 2.75) is 0 Å². The van der Waals surface area contributed by atoms with Crippen LogP contribution in [0.25, 0.3) is 5.52 Å². The standard InChI is InChI=1S/C6H5N3O/c7-6-3-5-1-2-10-9(5)4-8-6/h1-4,7H. The summed E-state index contributed by atoms with van der Waals surface area (Å²) in [5, 5.41) is 7.15. The minimum absolute atomic E-state index is 0.251. The lowest BCUT2D eigenvalue weighted by Crippen LogP contribution is -2.04. The molecule has 4 heteroatoms. The maximum atomic E-state index is 7.15. The molecule has 0 atom stereocenters. The Hall–Kier alpha value is -1.58. The number of nitrogens with one attached hydrogen (secondary N) is 1. The van der Waals surface area contributed by atoms with Gasteiger partial charge in [-0.05, 0) is 0 Å². The fraction of sp³-hybridized carbons (Fsp3) is 0. The van der Waals surface area contributed by atoms with Crippen LogP contribution in [0.2, 0.25) is 0 Å². The molecule has 0 aliphatic heterocycles. The molecule has 0 fully saturated rings. The van der Waals surface area contributed by atoms with Gasteiger partial charge in [0.05, 0.1) is 5.52 Å². The van der Waals surface area contributed by atoms with Crippen molar-refractivity contribution in [2.75, 3.05) is 0 Å².